The van der Waals surface area contributed by atoms with Gasteiger partial charge in [0.05, 0.1) is 29.3 Å². The summed E-state index contributed by atoms with van der Waals surface area (Å²) in [6.07, 6.45) is 2.79. The molecule has 6 nitrogen and oxygen atoms in total. The van der Waals surface area contributed by atoms with Crippen LogP contribution in [0.2, 0.25) is 0 Å². The van der Waals surface area contributed by atoms with Crippen molar-refractivity contribution in [2.24, 2.45) is 0 Å². The molecule has 1 atom stereocenters. The van der Waals surface area contributed by atoms with Gasteiger partial charge in [0.25, 0.3) is 5.56 Å². The van der Waals surface area contributed by atoms with E-state index in [-0.39, 0.29) is 23.1 Å². The van der Waals surface area contributed by atoms with E-state index in [1.165, 1.54) is 4.68 Å². The molecule has 2 aromatic rings. The fourth-order valence-corrected chi connectivity index (χ4v) is 5.37. The first-order valence-corrected chi connectivity index (χ1v) is 10.2. The van der Waals surface area contributed by atoms with Crippen LogP contribution in [0.15, 0.2) is 29.1 Å². The van der Waals surface area contributed by atoms with Crippen molar-refractivity contribution in [1.82, 2.24) is 14.7 Å². The van der Waals surface area contributed by atoms with Crippen molar-refractivity contribution in [1.29, 1.82) is 0 Å². The SMILES string of the molecule is Cc1nn(CN(C2CC2)[C@@H]2CCS(=O)(=O)C2)c(=O)c2ccccc12. The molecule has 2 aliphatic rings. The minimum absolute atomic E-state index is 0.00276. The molecule has 0 N–H and O–H groups in total. The van der Waals surface area contributed by atoms with Crippen LogP contribution in [-0.4, -0.2) is 46.7 Å². The van der Waals surface area contributed by atoms with Gasteiger partial charge in [-0.2, -0.15) is 5.10 Å². The van der Waals surface area contributed by atoms with Crippen LogP contribution < -0.4 is 5.56 Å². The van der Waals surface area contributed by atoms with Crippen molar-refractivity contribution in [2.45, 2.75) is 44.9 Å². The summed E-state index contributed by atoms with van der Waals surface area (Å²) in [6, 6.07) is 7.87. The van der Waals surface area contributed by atoms with Gasteiger partial charge in [-0.25, -0.2) is 13.1 Å². The Morgan fingerprint density at radius 3 is 2.50 bits per heavy atom. The summed E-state index contributed by atoms with van der Waals surface area (Å²) in [5, 5.41) is 6.01. The molecule has 1 aromatic heterocycles. The van der Waals surface area contributed by atoms with Crippen molar-refractivity contribution in [3.8, 4) is 0 Å². The number of fused-ring (bicyclic) bond motifs is 1. The second-order valence-electron chi connectivity index (χ2n) is 6.88. The molecule has 7 heteroatoms. The third-order valence-electron chi connectivity index (χ3n) is 5.04. The summed E-state index contributed by atoms with van der Waals surface area (Å²) >= 11 is 0. The van der Waals surface area contributed by atoms with Gasteiger partial charge in [0.1, 0.15) is 0 Å². The van der Waals surface area contributed by atoms with Crippen molar-refractivity contribution in [3.05, 3.63) is 40.3 Å². The smallest absolute Gasteiger partial charge is 0.275 e. The molecule has 4 rings (SSSR count). The zero-order chi connectivity index (χ0) is 16.9. The minimum atomic E-state index is -2.94. The van der Waals surface area contributed by atoms with Gasteiger partial charge in [-0.1, -0.05) is 18.2 Å². The first-order valence-electron chi connectivity index (χ1n) is 8.37. The molecule has 0 amide bonds. The number of benzene rings is 1. The molecule has 24 heavy (non-hydrogen) atoms. The summed E-state index contributed by atoms with van der Waals surface area (Å²) in [6.45, 7) is 2.27. The Hall–Kier alpha value is -1.73. The third-order valence-corrected chi connectivity index (χ3v) is 6.79. The lowest BCUT2D eigenvalue weighted by atomic mass is 10.1. The highest BCUT2D eigenvalue weighted by Crippen LogP contribution is 2.32. The van der Waals surface area contributed by atoms with Crippen LogP contribution in [-0.2, 0) is 16.5 Å². The van der Waals surface area contributed by atoms with Gasteiger partial charge in [-0.3, -0.25) is 9.69 Å². The lowest BCUT2D eigenvalue weighted by Crippen LogP contribution is -2.42. The Balaban J connectivity index is 1.69. The van der Waals surface area contributed by atoms with E-state index >= 15 is 0 Å². The molecule has 1 saturated carbocycles. The molecule has 1 aliphatic carbocycles. The van der Waals surface area contributed by atoms with Crippen LogP contribution in [0.3, 0.4) is 0 Å². The fourth-order valence-electron chi connectivity index (χ4n) is 3.63. The van der Waals surface area contributed by atoms with Gasteiger partial charge in [0.15, 0.2) is 9.84 Å². The summed E-state index contributed by atoms with van der Waals surface area (Å²) < 4.78 is 25.2. The van der Waals surface area contributed by atoms with Crippen LogP contribution in [0.25, 0.3) is 10.8 Å². The van der Waals surface area contributed by atoms with Gasteiger partial charge in [0.2, 0.25) is 0 Å². The number of rotatable bonds is 4. The van der Waals surface area contributed by atoms with E-state index in [4.69, 9.17) is 0 Å². The monoisotopic (exact) mass is 347 g/mol. The number of hydrogen-bond donors (Lipinski definition) is 0. The van der Waals surface area contributed by atoms with E-state index in [9.17, 15) is 13.2 Å². The number of aromatic nitrogens is 2. The first-order chi connectivity index (χ1) is 11.4. The molecule has 1 aliphatic heterocycles. The summed E-state index contributed by atoms with van der Waals surface area (Å²) in [5.41, 5.74) is 0.711. The highest BCUT2D eigenvalue weighted by atomic mass is 32.2. The Labute approximate surface area is 141 Å². The van der Waals surface area contributed by atoms with E-state index < -0.39 is 9.84 Å². The summed E-state index contributed by atoms with van der Waals surface area (Å²) in [7, 11) is -2.94. The summed E-state index contributed by atoms with van der Waals surface area (Å²) in [5.74, 6) is 0.449. The maximum Gasteiger partial charge on any atom is 0.275 e. The van der Waals surface area contributed by atoms with Crippen LogP contribution >= 0.6 is 0 Å². The summed E-state index contributed by atoms with van der Waals surface area (Å²) in [4.78, 5) is 14.9. The van der Waals surface area contributed by atoms with Gasteiger partial charge < -0.3 is 0 Å². The van der Waals surface area contributed by atoms with Crippen LogP contribution in [0.4, 0.5) is 0 Å². The second kappa shape index (κ2) is 5.67. The third kappa shape index (κ3) is 2.86. The zero-order valence-electron chi connectivity index (χ0n) is 13.7. The number of aryl methyl sites for hydroxylation is 1. The maximum atomic E-state index is 12.8. The lowest BCUT2D eigenvalue weighted by Gasteiger charge is -2.28. The lowest BCUT2D eigenvalue weighted by molar-refractivity contribution is 0.143. The molecule has 0 radical (unpaired) electrons. The van der Waals surface area contributed by atoms with Crippen molar-refractivity contribution in [3.63, 3.8) is 0 Å². The molecule has 1 saturated heterocycles. The fraction of sp³-hybridized carbons (Fsp3) is 0.529. The van der Waals surface area contributed by atoms with Gasteiger partial charge in [-0.15, -0.1) is 0 Å². The van der Waals surface area contributed by atoms with Crippen LogP contribution in [0.1, 0.15) is 25.0 Å². The van der Waals surface area contributed by atoms with Gasteiger partial charge >= 0.3 is 0 Å². The molecule has 0 bridgehead atoms. The number of nitrogens with zero attached hydrogens (tertiary/aromatic N) is 3. The topological polar surface area (TPSA) is 72.3 Å². The Morgan fingerprint density at radius 2 is 1.88 bits per heavy atom. The second-order valence-corrected chi connectivity index (χ2v) is 9.11. The largest absolute Gasteiger partial charge is 0.277 e. The Kier molecular flexibility index (Phi) is 3.73. The van der Waals surface area contributed by atoms with Crippen LogP contribution in [0.5, 0.6) is 0 Å². The molecule has 2 fully saturated rings. The zero-order valence-corrected chi connectivity index (χ0v) is 14.5. The van der Waals surface area contributed by atoms with E-state index in [1.54, 1.807) is 0 Å². The van der Waals surface area contributed by atoms with Gasteiger partial charge in [-0.05, 0) is 32.3 Å². The molecule has 1 aromatic carbocycles. The Morgan fingerprint density at radius 1 is 1.17 bits per heavy atom. The highest BCUT2D eigenvalue weighted by molar-refractivity contribution is 7.91. The average molecular weight is 347 g/mol. The average Bonchev–Trinajstić information content (AvgIpc) is 3.33. The minimum Gasteiger partial charge on any atom is -0.277 e. The van der Waals surface area contributed by atoms with Crippen molar-refractivity contribution < 1.29 is 8.42 Å². The standard InChI is InChI=1S/C17H21N3O3S/c1-12-15-4-2-3-5-16(15)17(21)20(18-12)11-19(13-6-7-13)14-8-9-24(22,23)10-14/h2-5,13-14H,6-11H2,1H3/t14-/m1/s1. The number of sulfone groups is 1. The number of hydrogen-bond acceptors (Lipinski definition) is 5. The molecule has 2 heterocycles. The van der Waals surface area contributed by atoms with E-state index in [0.717, 1.165) is 23.9 Å². The van der Waals surface area contributed by atoms with E-state index in [0.29, 0.717) is 24.5 Å². The maximum absolute atomic E-state index is 12.8. The predicted octanol–water partition coefficient (Wildman–Crippen LogP) is 1.31. The predicted molar refractivity (Wildman–Crippen MR) is 92.7 cm³/mol. The molecular weight excluding hydrogens is 326 g/mol. The van der Waals surface area contributed by atoms with Crippen LogP contribution in [0, 0.1) is 6.92 Å². The Bertz CT molecular complexity index is 947. The van der Waals surface area contributed by atoms with Gasteiger partial charge in [0, 0.05) is 17.5 Å². The molecular formula is C17H21N3O3S. The van der Waals surface area contributed by atoms with Crippen molar-refractivity contribution in [2.75, 3.05) is 11.5 Å². The normalized spacial score (nSPS) is 23.2. The highest BCUT2D eigenvalue weighted by Gasteiger charge is 2.39. The van der Waals surface area contributed by atoms with Crippen molar-refractivity contribution >= 4 is 20.6 Å². The molecule has 0 unspecified atom stereocenters. The first kappa shape index (κ1) is 15.8. The van der Waals surface area contributed by atoms with E-state index in [2.05, 4.69) is 10.00 Å². The van der Waals surface area contributed by atoms with E-state index in [1.807, 2.05) is 31.2 Å². The molecule has 0 spiro atoms. The molecule has 128 valence electrons. The quantitative estimate of drug-likeness (QED) is 0.834.